The maximum Gasteiger partial charge on any atom is 0.0446 e. The Morgan fingerprint density at radius 2 is 2.33 bits per heavy atom. The smallest absolute Gasteiger partial charge is 0.0446 e. The van der Waals surface area contributed by atoms with Gasteiger partial charge in [-0.3, -0.25) is 4.98 Å². The lowest BCUT2D eigenvalue weighted by Gasteiger charge is -2.16. The zero-order valence-electron chi connectivity index (χ0n) is 9.46. The molecule has 15 heavy (non-hydrogen) atoms. The first-order chi connectivity index (χ1) is 7.27. The third kappa shape index (κ3) is 3.73. The van der Waals surface area contributed by atoms with E-state index in [1.807, 2.05) is 19.2 Å². The molecule has 1 atom stereocenters. The van der Waals surface area contributed by atoms with Gasteiger partial charge in [0.05, 0.1) is 0 Å². The van der Waals surface area contributed by atoms with Crippen molar-refractivity contribution in [3.63, 3.8) is 0 Å². The summed E-state index contributed by atoms with van der Waals surface area (Å²) in [7, 11) is 0. The summed E-state index contributed by atoms with van der Waals surface area (Å²) in [6, 6.07) is 4.35. The molecular formula is C13H18N2. The third-order valence-electron chi connectivity index (χ3n) is 2.30. The molecule has 80 valence electrons. The number of pyridine rings is 1. The molecule has 1 aromatic heterocycles. The van der Waals surface area contributed by atoms with Gasteiger partial charge in [-0.05, 0) is 31.5 Å². The molecule has 0 radical (unpaired) electrons. The van der Waals surface area contributed by atoms with Gasteiger partial charge in [0.1, 0.15) is 0 Å². The number of terminal acetylenes is 1. The van der Waals surface area contributed by atoms with Gasteiger partial charge in [-0.2, -0.15) is 0 Å². The molecule has 0 spiro atoms. The summed E-state index contributed by atoms with van der Waals surface area (Å²) >= 11 is 0. The average Bonchev–Trinajstić information content (AvgIpc) is 2.25. The van der Waals surface area contributed by atoms with Crippen molar-refractivity contribution in [2.24, 2.45) is 0 Å². The van der Waals surface area contributed by atoms with Gasteiger partial charge in [0, 0.05) is 24.4 Å². The molecule has 0 saturated carbocycles. The lowest BCUT2D eigenvalue weighted by Crippen LogP contribution is -2.21. The number of aryl methyl sites for hydroxylation is 1. The summed E-state index contributed by atoms with van der Waals surface area (Å²) < 4.78 is 0. The highest BCUT2D eigenvalue weighted by Gasteiger charge is 2.08. The lowest BCUT2D eigenvalue weighted by atomic mass is 10.1. The van der Waals surface area contributed by atoms with E-state index < -0.39 is 0 Å². The Labute approximate surface area is 92.1 Å². The van der Waals surface area contributed by atoms with Crippen molar-refractivity contribution in [1.29, 1.82) is 0 Å². The van der Waals surface area contributed by atoms with Crippen LogP contribution in [0.15, 0.2) is 18.3 Å². The summed E-state index contributed by atoms with van der Waals surface area (Å²) in [5.74, 6) is 2.70. The molecule has 0 aliphatic carbocycles. The second-order valence-electron chi connectivity index (χ2n) is 3.65. The Hall–Kier alpha value is -1.33. The number of aromatic nitrogens is 1. The van der Waals surface area contributed by atoms with E-state index in [0.717, 1.165) is 18.7 Å². The first-order valence-electron chi connectivity index (χ1n) is 5.37. The zero-order chi connectivity index (χ0) is 11.1. The SMILES string of the molecule is C#CCC(NCCC)c1ccc(C)nc1. The number of hydrogen-bond acceptors (Lipinski definition) is 2. The van der Waals surface area contributed by atoms with Crippen LogP contribution in [0.25, 0.3) is 0 Å². The lowest BCUT2D eigenvalue weighted by molar-refractivity contribution is 0.541. The van der Waals surface area contributed by atoms with Crippen LogP contribution >= 0.6 is 0 Å². The Morgan fingerprint density at radius 3 is 2.87 bits per heavy atom. The van der Waals surface area contributed by atoms with Crippen LogP contribution in [0.2, 0.25) is 0 Å². The summed E-state index contributed by atoms with van der Waals surface area (Å²) in [4.78, 5) is 4.28. The topological polar surface area (TPSA) is 24.9 Å². The molecule has 1 N–H and O–H groups in total. The number of hydrogen-bond donors (Lipinski definition) is 1. The standard InChI is InChI=1S/C13H18N2/c1-4-6-13(14-9-5-2)12-8-7-11(3)15-10-12/h1,7-8,10,13-14H,5-6,9H2,2-3H3. The van der Waals surface area contributed by atoms with E-state index in [0.29, 0.717) is 6.42 Å². The fourth-order valence-corrected chi connectivity index (χ4v) is 1.43. The fourth-order valence-electron chi connectivity index (χ4n) is 1.43. The largest absolute Gasteiger partial charge is 0.309 e. The maximum absolute atomic E-state index is 5.36. The maximum atomic E-state index is 5.36. The van der Waals surface area contributed by atoms with Crippen molar-refractivity contribution >= 4 is 0 Å². The van der Waals surface area contributed by atoms with Crippen molar-refractivity contribution in [3.05, 3.63) is 29.6 Å². The Kier molecular flexibility index (Phi) is 4.86. The fraction of sp³-hybridized carbons (Fsp3) is 0.462. The van der Waals surface area contributed by atoms with Crippen LogP contribution in [0.4, 0.5) is 0 Å². The van der Waals surface area contributed by atoms with E-state index in [1.165, 1.54) is 5.56 Å². The first kappa shape index (κ1) is 11.7. The predicted molar refractivity (Wildman–Crippen MR) is 63.5 cm³/mol. The molecule has 0 fully saturated rings. The van der Waals surface area contributed by atoms with Gasteiger partial charge in [0.25, 0.3) is 0 Å². The van der Waals surface area contributed by atoms with Crippen LogP contribution in [0, 0.1) is 19.3 Å². The van der Waals surface area contributed by atoms with Crippen molar-refractivity contribution in [3.8, 4) is 12.3 Å². The number of nitrogens with one attached hydrogen (secondary N) is 1. The Morgan fingerprint density at radius 1 is 1.53 bits per heavy atom. The molecule has 0 saturated heterocycles. The molecule has 2 nitrogen and oxygen atoms in total. The molecule has 1 aromatic rings. The first-order valence-corrected chi connectivity index (χ1v) is 5.37. The minimum absolute atomic E-state index is 0.239. The second-order valence-corrected chi connectivity index (χ2v) is 3.65. The van der Waals surface area contributed by atoms with Gasteiger partial charge in [0.15, 0.2) is 0 Å². The molecular weight excluding hydrogens is 184 g/mol. The van der Waals surface area contributed by atoms with Gasteiger partial charge in [-0.25, -0.2) is 0 Å². The molecule has 0 aromatic carbocycles. The van der Waals surface area contributed by atoms with Crippen LogP contribution in [0.1, 0.15) is 37.1 Å². The molecule has 0 amide bonds. The van der Waals surface area contributed by atoms with Crippen LogP contribution < -0.4 is 5.32 Å². The van der Waals surface area contributed by atoms with Crippen molar-refractivity contribution in [2.45, 2.75) is 32.7 Å². The van der Waals surface area contributed by atoms with E-state index in [2.05, 4.69) is 29.2 Å². The van der Waals surface area contributed by atoms with E-state index in [1.54, 1.807) is 0 Å². The predicted octanol–water partition coefficient (Wildman–Crippen LogP) is 2.45. The summed E-state index contributed by atoms with van der Waals surface area (Å²) in [6.07, 6.45) is 9.09. The minimum atomic E-state index is 0.239. The Balaban J connectivity index is 2.70. The highest BCUT2D eigenvalue weighted by atomic mass is 14.9. The quantitative estimate of drug-likeness (QED) is 0.742. The molecule has 0 aliphatic rings. The van der Waals surface area contributed by atoms with Gasteiger partial charge in [0.2, 0.25) is 0 Å². The molecule has 1 rings (SSSR count). The summed E-state index contributed by atoms with van der Waals surface area (Å²) in [6.45, 7) is 5.12. The summed E-state index contributed by atoms with van der Waals surface area (Å²) in [5, 5.41) is 3.42. The van der Waals surface area contributed by atoms with E-state index in [-0.39, 0.29) is 6.04 Å². The Bertz CT molecular complexity index is 321. The van der Waals surface area contributed by atoms with Gasteiger partial charge < -0.3 is 5.32 Å². The second kappa shape index (κ2) is 6.21. The van der Waals surface area contributed by atoms with E-state index in [9.17, 15) is 0 Å². The van der Waals surface area contributed by atoms with Crippen LogP contribution in [0.5, 0.6) is 0 Å². The highest BCUT2D eigenvalue weighted by molar-refractivity contribution is 5.18. The van der Waals surface area contributed by atoms with E-state index >= 15 is 0 Å². The summed E-state index contributed by atoms with van der Waals surface area (Å²) in [5.41, 5.74) is 2.21. The molecule has 0 bridgehead atoms. The highest BCUT2D eigenvalue weighted by Crippen LogP contribution is 2.15. The van der Waals surface area contributed by atoms with Crippen molar-refractivity contribution in [2.75, 3.05) is 6.54 Å². The van der Waals surface area contributed by atoms with Crippen LogP contribution in [-0.2, 0) is 0 Å². The number of rotatable bonds is 5. The van der Waals surface area contributed by atoms with Crippen molar-refractivity contribution in [1.82, 2.24) is 10.3 Å². The molecule has 0 aliphatic heterocycles. The minimum Gasteiger partial charge on any atom is -0.309 e. The third-order valence-corrected chi connectivity index (χ3v) is 2.30. The average molecular weight is 202 g/mol. The van der Waals surface area contributed by atoms with Gasteiger partial charge >= 0.3 is 0 Å². The van der Waals surface area contributed by atoms with Crippen LogP contribution in [-0.4, -0.2) is 11.5 Å². The van der Waals surface area contributed by atoms with Gasteiger partial charge in [-0.15, -0.1) is 12.3 Å². The molecule has 1 heterocycles. The number of nitrogens with zero attached hydrogens (tertiary/aromatic N) is 1. The zero-order valence-corrected chi connectivity index (χ0v) is 9.46. The monoisotopic (exact) mass is 202 g/mol. The van der Waals surface area contributed by atoms with Crippen LogP contribution in [0.3, 0.4) is 0 Å². The van der Waals surface area contributed by atoms with Gasteiger partial charge in [-0.1, -0.05) is 13.0 Å². The van der Waals surface area contributed by atoms with E-state index in [4.69, 9.17) is 6.42 Å². The molecule has 2 heteroatoms. The van der Waals surface area contributed by atoms with Crippen molar-refractivity contribution < 1.29 is 0 Å². The normalized spacial score (nSPS) is 12.1. The molecule has 1 unspecified atom stereocenters.